The molecule has 0 aliphatic rings. The number of amides is 1. The number of carbonyl (C=O) groups excluding carboxylic acids is 1. The second kappa shape index (κ2) is 6.94. The van der Waals surface area contributed by atoms with Crippen LogP contribution in [0.4, 0.5) is 0 Å². The van der Waals surface area contributed by atoms with Gasteiger partial charge in [-0.2, -0.15) is 0 Å². The highest BCUT2D eigenvalue weighted by Gasteiger charge is 2.08. The van der Waals surface area contributed by atoms with Crippen molar-refractivity contribution >= 4 is 6.41 Å². The highest BCUT2D eigenvalue weighted by molar-refractivity contribution is 5.47. The highest BCUT2D eigenvalue weighted by atomic mass is 16.5. The lowest BCUT2D eigenvalue weighted by Gasteiger charge is -2.15. The Morgan fingerprint density at radius 1 is 1.41 bits per heavy atom. The van der Waals surface area contributed by atoms with E-state index in [0.717, 1.165) is 31.4 Å². The van der Waals surface area contributed by atoms with E-state index >= 15 is 0 Å². The molecular weight excluding hydrogens is 214 g/mol. The zero-order valence-corrected chi connectivity index (χ0v) is 10.8. The topological polar surface area (TPSA) is 38.3 Å². The van der Waals surface area contributed by atoms with Crippen LogP contribution >= 0.6 is 0 Å². The second-order valence-electron chi connectivity index (χ2n) is 4.09. The monoisotopic (exact) mass is 235 g/mol. The molecule has 1 N–H and O–H groups in total. The summed E-state index contributed by atoms with van der Waals surface area (Å²) in [7, 11) is 1.69. The summed E-state index contributed by atoms with van der Waals surface area (Å²) in [4.78, 5) is 10.5. The molecule has 1 aromatic carbocycles. The normalized spacial score (nSPS) is 11.9. The van der Waals surface area contributed by atoms with Gasteiger partial charge in [0.1, 0.15) is 5.75 Å². The van der Waals surface area contributed by atoms with Crippen LogP contribution < -0.4 is 10.1 Å². The average Bonchev–Trinajstić information content (AvgIpc) is 2.38. The summed E-state index contributed by atoms with van der Waals surface area (Å²) in [5.41, 5.74) is 2.41. The summed E-state index contributed by atoms with van der Waals surface area (Å²) in [5, 5.41) is 2.83. The number of nitrogens with one attached hydrogen (secondary N) is 1. The maximum Gasteiger partial charge on any atom is 0.207 e. The Labute approximate surface area is 103 Å². The van der Waals surface area contributed by atoms with E-state index in [1.807, 2.05) is 0 Å². The second-order valence-corrected chi connectivity index (χ2v) is 4.09. The highest BCUT2D eigenvalue weighted by Crippen LogP contribution is 2.21. The van der Waals surface area contributed by atoms with Gasteiger partial charge in [0, 0.05) is 6.04 Å². The van der Waals surface area contributed by atoms with E-state index in [9.17, 15) is 4.79 Å². The Kier molecular flexibility index (Phi) is 5.53. The number of carbonyl (C=O) groups is 1. The molecule has 0 bridgehead atoms. The van der Waals surface area contributed by atoms with Gasteiger partial charge < -0.3 is 10.1 Å². The fraction of sp³-hybridized carbons (Fsp3) is 0.500. The molecule has 0 unspecified atom stereocenters. The fourth-order valence-electron chi connectivity index (χ4n) is 1.91. The van der Waals surface area contributed by atoms with E-state index in [1.54, 1.807) is 7.11 Å². The van der Waals surface area contributed by atoms with Crippen molar-refractivity contribution in [2.45, 2.75) is 39.2 Å². The lowest BCUT2D eigenvalue weighted by atomic mass is 10.0. The first-order valence-electron chi connectivity index (χ1n) is 6.10. The Morgan fingerprint density at radius 3 is 2.71 bits per heavy atom. The van der Waals surface area contributed by atoms with Gasteiger partial charge in [-0.25, -0.2) is 0 Å². The van der Waals surface area contributed by atoms with Gasteiger partial charge >= 0.3 is 0 Å². The lowest BCUT2D eigenvalue weighted by Crippen LogP contribution is -2.29. The molecule has 0 radical (unpaired) electrons. The van der Waals surface area contributed by atoms with E-state index < -0.39 is 0 Å². The minimum absolute atomic E-state index is 0.199. The summed E-state index contributed by atoms with van der Waals surface area (Å²) >= 11 is 0. The minimum atomic E-state index is 0.199. The van der Waals surface area contributed by atoms with Crippen LogP contribution in [0, 0.1) is 0 Å². The van der Waals surface area contributed by atoms with Crippen molar-refractivity contribution in [1.82, 2.24) is 5.32 Å². The molecular formula is C14H21NO2. The summed E-state index contributed by atoms with van der Waals surface area (Å²) in [6.07, 6.45) is 3.51. The van der Waals surface area contributed by atoms with Gasteiger partial charge in [-0.3, -0.25) is 4.79 Å². The Bertz CT molecular complexity index is 363. The maximum absolute atomic E-state index is 10.5. The van der Waals surface area contributed by atoms with Gasteiger partial charge in [0.25, 0.3) is 0 Å². The third-order valence-electron chi connectivity index (χ3n) is 3.01. The molecule has 1 atom stereocenters. The molecule has 0 spiro atoms. The Morgan fingerprint density at radius 2 is 2.18 bits per heavy atom. The molecule has 0 saturated carbocycles. The van der Waals surface area contributed by atoms with Crippen molar-refractivity contribution in [3.8, 4) is 5.75 Å². The van der Waals surface area contributed by atoms with Crippen molar-refractivity contribution in [3.63, 3.8) is 0 Å². The van der Waals surface area contributed by atoms with Gasteiger partial charge in [-0.1, -0.05) is 26.0 Å². The van der Waals surface area contributed by atoms with Gasteiger partial charge in [0.05, 0.1) is 7.11 Å². The lowest BCUT2D eigenvalue weighted by molar-refractivity contribution is -0.110. The molecule has 0 aliphatic heterocycles. The first kappa shape index (κ1) is 13.6. The minimum Gasteiger partial charge on any atom is -0.496 e. The quantitative estimate of drug-likeness (QED) is 0.737. The van der Waals surface area contributed by atoms with Crippen LogP contribution in [0.5, 0.6) is 5.75 Å². The van der Waals surface area contributed by atoms with Crippen LogP contribution in [0.3, 0.4) is 0 Å². The zero-order chi connectivity index (χ0) is 12.7. The maximum atomic E-state index is 10.5. The van der Waals surface area contributed by atoms with Crippen LogP contribution in [0.1, 0.15) is 31.4 Å². The van der Waals surface area contributed by atoms with Crippen LogP contribution in [0.15, 0.2) is 18.2 Å². The number of hydrogen-bond acceptors (Lipinski definition) is 2. The molecule has 0 aromatic heterocycles. The van der Waals surface area contributed by atoms with Crippen LogP contribution in [0.25, 0.3) is 0 Å². The molecule has 1 rings (SSSR count). The number of rotatable bonds is 7. The molecule has 3 nitrogen and oxygen atoms in total. The van der Waals surface area contributed by atoms with Crippen molar-refractivity contribution in [2.24, 2.45) is 0 Å². The zero-order valence-electron chi connectivity index (χ0n) is 10.8. The SMILES string of the molecule is CCc1ccc(C[C@@H](CC)NC=O)cc1OC. The summed E-state index contributed by atoms with van der Waals surface area (Å²) in [6, 6.07) is 6.47. The molecule has 0 saturated heterocycles. The predicted molar refractivity (Wildman–Crippen MR) is 69.4 cm³/mol. The van der Waals surface area contributed by atoms with Crippen LogP contribution in [0.2, 0.25) is 0 Å². The first-order chi connectivity index (χ1) is 8.24. The molecule has 1 amide bonds. The molecule has 0 heterocycles. The van der Waals surface area contributed by atoms with Gasteiger partial charge in [0.2, 0.25) is 6.41 Å². The molecule has 3 heteroatoms. The third-order valence-corrected chi connectivity index (χ3v) is 3.01. The van der Waals surface area contributed by atoms with Gasteiger partial charge in [-0.05, 0) is 36.5 Å². The smallest absolute Gasteiger partial charge is 0.207 e. The number of ether oxygens (including phenoxy) is 1. The van der Waals surface area contributed by atoms with Crippen molar-refractivity contribution < 1.29 is 9.53 Å². The van der Waals surface area contributed by atoms with E-state index in [-0.39, 0.29) is 6.04 Å². The van der Waals surface area contributed by atoms with Crippen molar-refractivity contribution in [3.05, 3.63) is 29.3 Å². The summed E-state index contributed by atoms with van der Waals surface area (Å²) in [5.74, 6) is 0.936. The predicted octanol–water partition coefficient (Wildman–Crippen LogP) is 2.32. The molecule has 17 heavy (non-hydrogen) atoms. The number of benzene rings is 1. The number of methoxy groups -OCH3 is 1. The molecule has 1 aromatic rings. The fourth-order valence-corrected chi connectivity index (χ4v) is 1.91. The summed E-state index contributed by atoms with van der Waals surface area (Å²) < 4.78 is 5.36. The first-order valence-corrected chi connectivity index (χ1v) is 6.10. The van der Waals surface area contributed by atoms with E-state index in [0.29, 0.717) is 0 Å². The Balaban J connectivity index is 2.80. The van der Waals surface area contributed by atoms with Crippen molar-refractivity contribution in [2.75, 3.05) is 7.11 Å². The van der Waals surface area contributed by atoms with Crippen LogP contribution in [-0.4, -0.2) is 19.6 Å². The molecule has 94 valence electrons. The number of hydrogen-bond donors (Lipinski definition) is 1. The third kappa shape index (κ3) is 3.77. The Hall–Kier alpha value is -1.51. The largest absolute Gasteiger partial charge is 0.496 e. The summed E-state index contributed by atoms with van der Waals surface area (Å²) in [6.45, 7) is 4.18. The van der Waals surface area contributed by atoms with Crippen molar-refractivity contribution in [1.29, 1.82) is 0 Å². The van der Waals surface area contributed by atoms with Gasteiger partial charge in [-0.15, -0.1) is 0 Å². The van der Waals surface area contributed by atoms with E-state index in [1.165, 1.54) is 11.1 Å². The molecule has 0 fully saturated rings. The standard InChI is InChI=1S/C14H21NO2/c1-4-12-7-6-11(9-14(12)17-3)8-13(5-2)15-10-16/h6-7,9-10,13H,4-5,8H2,1-3H3,(H,15,16)/t13-/m1/s1. The van der Waals surface area contributed by atoms with Gasteiger partial charge in [0.15, 0.2) is 0 Å². The van der Waals surface area contributed by atoms with Crippen LogP contribution in [-0.2, 0) is 17.6 Å². The van der Waals surface area contributed by atoms with E-state index in [4.69, 9.17) is 4.74 Å². The molecule has 0 aliphatic carbocycles. The number of aryl methyl sites for hydroxylation is 1. The van der Waals surface area contributed by atoms with E-state index in [2.05, 4.69) is 37.4 Å². The average molecular weight is 235 g/mol.